The second-order valence-corrected chi connectivity index (χ2v) is 5.42. The Bertz CT molecular complexity index is 480. The van der Waals surface area contributed by atoms with Gasteiger partial charge in [-0.1, -0.05) is 12.1 Å². The summed E-state index contributed by atoms with van der Waals surface area (Å²) in [5.74, 6) is 1.85. The van der Waals surface area contributed by atoms with E-state index in [4.69, 9.17) is 10.9 Å². The normalized spacial score (nSPS) is 21.5. The highest BCUT2D eigenvalue weighted by Crippen LogP contribution is 2.27. The first-order chi connectivity index (χ1) is 9.04. The first-order valence-corrected chi connectivity index (χ1v) is 6.81. The number of anilines is 1. The molecule has 1 aliphatic heterocycles. The molecule has 0 amide bonds. The second kappa shape index (κ2) is 5.50. The monoisotopic (exact) mass is 265 g/mol. The maximum atomic E-state index is 8.95. The molecular formula is C13H23N5O. The molecule has 6 heteroatoms. The third-order valence-electron chi connectivity index (χ3n) is 3.87. The predicted octanol–water partition coefficient (Wildman–Crippen LogP) is 1.45. The molecule has 0 aromatic carbocycles. The molecule has 1 aliphatic rings. The van der Waals surface area contributed by atoms with Crippen LogP contribution in [0.15, 0.2) is 5.16 Å². The van der Waals surface area contributed by atoms with Crippen molar-refractivity contribution < 1.29 is 5.21 Å². The van der Waals surface area contributed by atoms with Gasteiger partial charge in [-0.3, -0.25) is 4.68 Å². The largest absolute Gasteiger partial charge is 0.409 e. The third-order valence-corrected chi connectivity index (χ3v) is 3.87. The summed E-state index contributed by atoms with van der Waals surface area (Å²) in [6, 6.07) is 0. The molecule has 1 aromatic heterocycles. The molecule has 2 heterocycles. The maximum absolute atomic E-state index is 8.95. The average Bonchev–Trinajstić information content (AvgIpc) is 2.54. The smallest absolute Gasteiger partial charge is 0.175 e. The fourth-order valence-corrected chi connectivity index (χ4v) is 2.83. The molecule has 6 nitrogen and oxygen atoms in total. The van der Waals surface area contributed by atoms with Gasteiger partial charge in [-0.25, -0.2) is 0 Å². The zero-order valence-electron chi connectivity index (χ0n) is 11.9. The Hall–Kier alpha value is -1.72. The lowest BCUT2D eigenvalue weighted by atomic mass is 10.0. The number of nitrogens with two attached hydrogens (primary N) is 1. The Morgan fingerprint density at radius 1 is 1.42 bits per heavy atom. The van der Waals surface area contributed by atoms with Crippen LogP contribution in [0.4, 0.5) is 5.82 Å². The molecule has 0 radical (unpaired) electrons. The zero-order chi connectivity index (χ0) is 14.0. The average molecular weight is 265 g/mol. The van der Waals surface area contributed by atoms with Crippen LogP contribution in [0.2, 0.25) is 0 Å². The number of amidine groups is 1. The highest BCUT2D eigenvalue weighted by atomic mass is 16.4. The summed E-state index contributed by atoms with van der Waals surface area (Å²) in [5.41, 5.74) is 7.35. The van der Waals surface area contributed by atoms with Crippen molar-refractivity contribution in [1.29, 1.82) is 0 Å². The molecule has 1 saturated heterocycles. The van der Waals surface area contributed by atoms with E-state index in [1.54, 1.807) is 0 Å². The van der Waals surface area contributed by atoms with Crippen molar-refractivity contribution in [2.45, 2.75) is 33.1 Å². The highest BCUT2D eigenvalue weighted by Gasteiger charge is 2.24. The van der Waals surface area contributed by atoms with Crippen molar-refractivity contribution >= 4 is 11.7 Å². The van der Waals surface area contributed by atoms with Gasteiger partial charge in [0.2, 0.25) is 0 Å². The van der Waals surface area contributed by atoms with Crippen LogP contribution in [-0.4, -0.2) is 33.9 Å². The SMILES string of the molecule is Cc1nn(C)c(N2CCCC(C)CC2)c1C(N)=NO. The number of hydrogen-bond donors (Lipinski definition) is 2. The van der Waals surface area contributed by atoms with E-state index < -0.39 is 0 Å². The van der Waals surface area contributed by atoms with Gasteiger partial charge >= 0.3 is 0 Å². The van der Waals surface area contributed by atoms with Crippen molar-refractivity contribution in [3.8, 4) is 0 Å². The number of nitrogens with zero attached hydrogens (tertiary/aromatic N) is 4. The van der Waals surface area contributed by atoms with E-state index in [1.165, 1.54) is 19.3 Å². The molecule has 1 fully saturated rings. The van der Waals surface area contributed by atoms with E-state index in [0.717, 1.165) is 36.1 Å². The van der Waals surface area contributed by atoms with Crippen molar-refractivity contribution in [3.63, 3.8) is 0 Å². The van der Waals surface area contributed by atoms with Gasteiger partial charge in [0.1, 0.15) is 5.82 Å². The van der Waals surface area contributed by atoms with Gasteiger partial charge in [0.25, 0.3) is 0 Å². The summed E-state index contributed by atoms with van der Waals surface area (Å²) in [6.45, 7) is 6.17. The highest BCUT2D eigenvalue weighted by molar-refractivity contribution is 6.02. The van der Waals surface area contributed by atoms with Crippen LogP contribution < -0.4 is 10.6 Å². The van der Waals surface area contributed by atoms with Crippen LogP contribution in [0.3, 0.4) is 0 Å². The fraction of sp³-hybridized carbons (Fsp3) is 0.692. The van der Waals surface area contributed by atoms with Crippen LogP contribution >= 0.6 is 0 Å². The minimum absolute atomic E-state index is 0.137. The lowest BCUT2D eigenvalue weighted by molar-refractivity contribution is 0.318. The standard InChI is InChI=1S/C13H23N5O/c1-9-5-4-7-18(8-6-9)13-11(12(14)16-19)10(2)15-17(13)3/h9,19H,4-8H2,1-3H3,(H2,14,16). The van der Waals surface area contributed by atoms with Crippen molar-refractivity contribution in [1.82, 2.24) is 9.78 Å². The molecule has 106 valence electrons. The fourth-order valence-electron chi connectivity index (χ4n) is 2.83. The van der Waals surface area contributed by atoms with Gasteiger partial charge in [-0.2, -0.15) is 5.10 Å². The van der Waals surface area contributed by atoms with E-state index >= 15 is 0 Å². The molecule has 1 atom stereocenters. The van der Waals surface area contributed by atoms with Crippen molar-refractivity contribution in [3.05, 3.63) is 11.3 Å². The second-order valence-electron chi connectivity index (χ2n) is 5.42. The summed E-state index contributed by atoms with van der Waals surface area (Å²) in [4.78, 5) is 2.30. The number of rotatable bonds is 2. The van der Waals surface area contributed by atoms with Crippen LogP contribution in [0.25, 0.3) is 0 Å². The lowest BCUT2D eigenvalue weighted by Crippen LogP contribution is -2.29. The molecule has 1 unspecified atom stereocenters. The van der Waals surface area contributed by atoms with Gasteiger partial charge in [0.05, 0.1) is 11.3 Å². The van der Waals surface area contributed by atoms with Crippen molar-refractivity contribution in [2.75, 3.05) is 18.0 Å². The lowest BCUT2D eigenvalue weighted by Gasteiger charge is -2.24. The van der Waals surface area contributed by atoms with E-state index in [-0.39, 0.29) is 5.84 Å². The van der Waals surface area contributed by atoms with Gasteiger partial charge < -0.3 is 15.8 Å². The van der Waals surface area contributed by atoms with Gasteiger partial charge in [-0.05, 0) is 32.1 Å². The summed E-state index contributed by atoms with van der Waals surface area (Å²) in [5, 5.41) is 16.5. The Labute approximate surface area is 113 Å². The van der Waals surface area contributed by atoms with Crippen LogP contribution in [0, 0.1) is 12.8 Å². The van der Waals surface area contributed by atoms with Gasteiger partial charge in [0, 0.05) is 20.1 Å². The Morgan fingerprint density at radius 3 is 2.84 bits per heavy atom. The Morgan fingerprint density at radius 2 is 2.16 bits per heavy atom. The molecule has 0 bridgehead atoms. The van der Waals surface area contributed by atoms with Crippen LogP contribution in [-0.2, 0) is 7.05 Å². The van der Waals surface area contributed by atoms with Crippen LogP contribution in [0.5, 0.6) is 0 Å². The molecule has 0 saturated carbocycles. The maximum Gasteiger partial charge on any atom is 0.175 e. The van der Waals surface area contributed by atoms with E-state index in [0.29, 0.717) is 0 Å². The molecule has 2 rings (SSSR count). The molecular weight excluding hydrogens is 242 g/mol. The molecule has 1 aromatic rings. The zero-order valence-corrected chi connectivity index (χ0v) is 11.9. The van der Waals surface area contributed by atoms with E-state index in [1.807, 2.05) is 18.7 Å². The van der Waals surface area contributed by atoms with Crippen LogP contribution in [0.1, 0.15) is 37.4 Å². The van der Waals surface area contributed by atoms with E-state index in [2.05, 4.69) is 22.1 Å². The third kappa shape index (κ3) is 2.67. The van der Waals surface area contributed by atoms with Gasteiger partial charge in [-0.15, -0.1) is 0 Å². The van der Waals surface area contributed by atoms with E-state index in [9.17, 15) is 0 Å². The number of hydrogen-bond acceptors (Lipinski definition) is 4. The summed E-state index contributed by atoms with van der Waals surface area (Å²) in [6.07, 6.45) is 3.59. The molecule has 3 N–H and O–H groups in total. The van der Waals surface area contributed by atoms with Gasteiger partial charge in [0.15, 0.2) is 5.84 Å². The molecule has 19 heavy (non-hydrogen) atoms. The first-order valence-electron chi connectivity index (χ1n) is 6.81. The Kier molecular flexibility index (Phi) is 3.97. The summed E-state index contributed by atoms with van der Waals surface area (Å²) >= 11 is 0. The predicted molar refractivity (Wildman–Crippen MR) is 75.7 cm³/mol. The molecule has 0 spiro atoms. The summed E-state index contributed by atoms with van der Waals surface area (Å²) < 4.78 is 1.83. The topological polar surface area (TPSA) is 79.7 Å². The summed E-state index contributed by atoms with van der Waals surface area (Å²) in [7, 11) is 1.91. The quantitative estimate of drug-likeness (QED) is 0.367. The minimum atomic E-state index is 0.137. The Balaban J connectivity index is 2.38. The minimum Gasteiger partial charge on any atom is -0.409 e. The molecule has 0 aliphatic carbocycles. The first kappa shape index (κ1) is 13.7. The number of aryl methyl sites for hydroxylation is 2. The number of oxime groups is 1. The van der Waals surface area contributed by atoms with Crippen molar-refractivity contribution in [2.24, 2.45) is 23.9 Å². The number of aromatic nitrogens is 2.